The van der Waals surface area contributed by atoms with Gasteiger partial charge in [0.2, 0.25) is 0 Å². The molecule has 3 aromatic rings. The molecule has 1 N–H and O–H groups in total. The first kappa shape index (κ1) is 17.0. The fraction of sp³-hybridized carbons (Fsp3) is 0.190. The molecule has 0 radical (unpaired) electrons. The zero-order chi connectivity index (χ0) is 17.5. The number of rotatable bonds is 7. The number of carbonyl (C=O) groups excluding carboxylic acids is 1. The van der Waals surface area contributed by atoms with Crippen LogP contribution in [-0.4, -0.2) is 5.91 Å². The van der Waals surface area contributed by atoms with Crippen molar-refractivity contribution in [2.24, 2.45) is 0 Å². The first-order chi connectivity index (χ1) is 12.2. The van der Waals surface area contributed by atoms with Crippen molar-refractivity contribution in [1.29, 1.82) is 0 Å². The van der Waals surface area contributed by atoms with E-state index in [0.717, 1.165) is 16.7 Å². The number of amides is 1. The maximum Gasteiger partial charge on any atom is 0.255 e. The molecule has 0 aliphatic rings. The highest BCUT2D eigenvalue weighted by atomic mass is 16.5. The summed E-state index contributed by atoms with van der Waals surface area (Å²) in [6.07, 6.45) is 1.52. The molecule has 0 aliphatic carbocycles. The molecule has 0 atom stereocenters. The molecule has 0 unspecified atom stereocenters. The Morgan fingerprint density at radius 2 is 1.56 bits per heavy atom. The van der Waals surface area contributed by atoms with Crippen LogP contribution in [0.5, 0.6) is 0 Å². The Kier molecular flexibility index (Phi) is 5.65. The summed E-state index contributed by atoms with van der Waals surface area (Å²) < 4.78 is 10.9. The normalized spacial score (nSPS) is 10.6. The van der Waals surface area contributed by atoms with E-state index >= 15 is 0 Å². The van der Waals surface area contributed by atoms with Gasteiger partial charge < -0.3 is 14.5 Å². The minimum atomic E-state index is -0.124. The lowest BCUT2D eigenvalue weighted by molar-refractivity contribution is 0.0949. The first-order valence-electron chi connectivity index (χ1n) is 8.24. The van der Waals surface area contributed by atoms with Crippen LogP contribution in [0.3, 0.4) is 0 Å². The minimum Gasteiger partial charge on any atom is -0.469 e. The summed E-state index contributed by atoms with van der Waals surface area (Å²) in [5.74, 6) is 0.505. The molecule has 25 heavy (non-hydrogen) atoms. The van der Waals surface area contributed by atoms with E-state index in [1.54, 1.807) is 13.0 Å². The smallest absolute Gasteiger partial charge is 0.255 e. The van der Waals surface area contributed by atoms with Crippen LogP contribution in [0.4, 0.5) is 0 Å². The molecule has 4 heteroatoms. The quantitative estimate of drug-likeness (QED) is 0.703. The van der Waals surface area contributed by atoms with Gasteiger partial charge in [-0.3, -0.25) is 4.79 Å². The van der Waals surface area contributed by atoms with Crippen molar-refractivity contribution >= 4 is 5.91 Å². The fourth-order valence-corrected chi connectivity index (χ4v) is 2.51. The second kappa shape index (κ2) is 8.31. The first-order valence-corrected chi connectivity index (χ1v) is 8.24. The van der Waals surface area contributed by atoms with Crippen LogP contribution in [0.15, 0.2) is 71.3 Å². The minimum absolute atomic E-state index is 0.124. The molecule has 4 nitrogen and oxygen atoms in total. The Morgan fingerprint density at radius 3 is 2.20 bits per heavy atom. The monoisotopic (exact) mass is 335 g/mol. The SMILES string of the molecule is Cc1occc1C(=O)NCc1ccc(COCc2ccccc2)cc1. The Hall–Kier alpha value is -2.85. The molecule has 0 fully saturated rings. The summed E-state index contributed by atoms with van der Waals surface area (Å²) in [5.41, 5.74) is 3.89. The van der Waals surface area contributed by atoms with E-state index in [1.807, 2.05) is 54.6 Å². The number of carbonyl (C=O) groups is 1. The van der Waals surface area contributed by atoms with Crippen molar-refractivity contribution in [3.05, 3.63) is 94.9 Å². The van der Waals surface area contributed by atoms with E-state index in [-0.39, 0.29) is 5.91 Å². The van der Waals surface area contributed by atoms with Crippen molar-refractivity contribution in [3.8, 4) is 0 Å². The van der Waals surface area contributed by atoms with Gasteiger partial charge in [-0.1, -0.05) is 54.6 Å². The lowest BCUT2D eigenvalue weighted by Gasteiger charge is -2.07. The highest BCUT2D eigenvalue weighted by Gasteiger charge is 2.10. The van der Waals surface area contributed by atoms with Gasteiger partial charge in [-0.25, -0.2) is 0 Å². The van der Waals surface area contributed by atoms with Crippen LogP contribution in [0.2, 0.25) is 0 Å². The molecule has 0 spiro atoms. The van der Waals surface area contributed by atoms with Gasteiger partial charge in [0, 0.05) is 6.54 Å². The Labute approximate surface area is 147 Å². The molecular formula is C21H21NO3. The highest BCUT2D eigenvalue weighted by Crippen LogP contribution is 2.10. The summed E-state index contributed by atoms with van der Waals surface area (Å²) in [6, 6.07) is 19.8. The largest absolute Gasteiger partial charge is 0.469 e. The Bertz CT molecular complexity index is 807. The van der Waals surface area contributed by atoms with Gasteiger partial charge in [0.05, 0.1) is 25.0 Å². The number of ether oxygens (including phenoxy) is 1. The second-order valence-corrected chi connectivity index (χ2v) is 5.87. The molecular weight excluding hydrogens is 314 g/mol. The van der Waals surface area contributed by atoms with E-state index < -0.39 is 0 Å². The predicted molar refractivity (Wildman–Crippen MR) is 96.0 cm³/mol. The second-order valence-electron chi connectivity index (χ2n) is 5.87. The van der Waals surface area contributed by atoms with Crippen molar-refractivity contribution in [2.45, 2.75) is 26.7 Å². The highest BCUT2D eigenvalue weighted by molar-refractivity contribution is 5.94. The summed E-state index contributed by atoms with van der Waals surface area (Å²) in [4.78, 5) is 12.1. The number of nitrogens with one attached hydrogen (secondary N) is 1. The number of benzene rings is 2. The van der Waals surface area contributed by atoms with E-state index in [9.17, 15) is 4.79 Å². The summed E-state index contributed by atoms with van der Waals surface area (Å²) in [7, 11) is 0. The van der Waals surface area contributed by atoms with Crippen LogP contribution in [0.25, 0.3) is 0 Å². The Morgan fingerprint density at radius 1 is 0.920 bits per heavy atom. The van der Waals surface area contributed by atoms with Gasteiger partial charge in [-0.15, -0.1) is 0 Å². The summed E-state index contributed by atoms with van der Waals surface area (Å²) in [6.45, 7) is 3.42. The van der Waals surface area contributed by atoms with E-state index in [0.29, 0.717) is 31.1 Å². The van der Waals surface area contributed by atoms with Crippen molar-refractivity contribution in [1.82, 2.24) is 5.32 Å². The number of hydrogen-bond acceptors (Lipinski definition) is 3. The van der Waals surface area contributed by atoms with Crippen LogP contribution in [0.1, 0.15) is 32.8 Å². The maximum absolute atomic E-state index is 12.1. The van der Waals surface area contributed by atoms with Crippen LogP contribution in [-0.2, 0) is 24.5 Å². The van der Waals surface area contributed by atoms with Gasteiger partial charge in [-0.05, 0) is 29.7 Å². The van der Waals surface area contributed by atoms with Gasteiger partial charge >= 0.3 is 0 Å². The zero-order valence-corrected chi connectivity index (χ0v) is 14.2. The third kappa shape index (κ3) is 4.81. The fourth-order valence-electron chi connectivity index (χ4n) is 2.51. The molecule has 128 valence electrons. The summed E-state index contributed by atoms with van der Waals surface area (Å²) in [5, 5.41) is 2.90. The third-order valence-electron chi connectivity index (χ3n) is 3.96. The van der Waals surface area contributed by atoms with Crippen molar-refractivity contribution in [2.75, 3.05) is 0 Å². The van der Waals surface area contributed by atoms with Gasteiger partial charge in [-0.2, -0.15) is 0 Å². The Balaban J connectivity index is 1.45. The van der Waals surface area contributed by atoms with Crippen LogP contribution in [0, 0.1) is 6.92 Å². The molecule has 0 aliphatic heterocycles. The lowest BCUT2D eigenvalue weighted by Crippen LogP contribution is -2.22. The molecule has 1 heterocycles. The lowest BCUT2D eigenvalue weighted by atomic mass is 10.1. The average Bonchev–Trinajstić information content (AvgIpc) is 3.08. The van der Waals surface area contributed by atoms with Crippen LogP contribution < -0.4 is 5.32 Å². The zero-order valence-electron chi connectivity index (χ0n) is 14.2. The average molecular weight is 335 g/mol. The maximum atomic E-state index is 12.1. The van der Waals surface area contributed by atoms with E-state index in [4.69, 9.17) is 9.15 Å². The number of furan rings is 1. The number of hydrogen-bond donors (Lipinski definition) is 1. The molecule has 0 bridgehead atoms. The van der Waals surface area contributed by atoms with Gasteiger partial charge in [0.1, 0.15) is 5.76 Å². The molecule has 1 amide bonds. The topological polar surface area (TPSA) is 51.5 Å². The number of aryl methyl sites for hydroxylation is 1. The molecule has 2 aromatic carbocycles. The van der Waals surface area contributed by atoms with Gasteiger partial charge in [0.25, 0.3) is 5.91 Å². The molecule has 0 saturated carbocycles. The standard InChI is InChI=1S/C21H21NO3/c1-16-20(11-12-25-16)21(23)22-13-17-7-9-19(10-8-17)15-24-14-18-5-3-2-4-6-18/h2-12H,13-15H2,1H3,(H,22,23). The van der Waals surface area contributed by atoms with Gasteiger partial charge in [0.15, 0.2) is 0 Å². The summed E-state index contributed by atoms with van der Waals surface area (Å²) >= 11 is 0. The van der Waals surface area contributed by atoms with E-state index in [1.165, 1.54) is 6.26 Å². The van der Waals surface area contributed by atoms with Crippen molar-refractivity contribution in [3.63, 3.8) is 0 Å². The molecule has 0 saturated heterocycles. The van der Waals surface area contributed by atoms with E-state index in [2.05, 4.69) is 5.32 Å². The predicted octanol–water partition coefficient (Wildman–Crippen LogP) is 4.23. The molecule has 1 aromatic heterocycles. The van der Waals surface area contributed by atoms with Crippen LogP contribution >= 0.6 is 0 Å². The van der Waals surface area contributed by atoms with Crippen molar-refractivity contribution < 1.29 is 13.9 Å². The third-order valence-corrected chi connectivity index (χ3v) is 3.96. The molecule has 3 rings (SSSR count).